The van der Waals surface area contributed by atoms with Crippen molar-refractivity contribution in [3.05, 3.63) is 34.6 Å². The predicted octanol–water partition coefficient (Wildman–Crippen LogP) is 4.44. The molecule has 102 valence electrons. The Balaban J connectivity index is 2.66. The van der Waals surface area contributed by atoms with Gasteiger partial charge in [-0.2, -0.15) is 0 Å². The molecule has 0 radical (unpaired) electrons. The second-order valence-electron chi connectivity index (χ2n) is 4.89. The molecule has 0 bridgehead atoms. The molecule has 1 rings (SSSR count). The molecule has 1 nitrogen and oxygen atoms in total. The highest BCUT2D eigenvalue weighted by molar-refractivity contribution is 6.31. The van der Waals surface area contributed by atoms with Crippen LogP contribution in [0.5, 0.6) is 0 Å². The summed E-state index contributed by atoms with van der Waals surface area (Å²) in [6.45, 7) is 7.56. The lowest BCUT2D eigenvalue weighted by Gasteiger charge is -2.24. The van der Waals surface area contributed by atoms with Crippen LogP contribution in [0.4, 0.5) is 4.39 Å². The third-order valence-corrected chi connectivity index (χ3v) is 3.70. The lowest BCUT2D eigenvalue weighted by Crippen LogP contribution is -2.35. The lowest BCUT2D eigenvalue weighted by molar-refractivity contribution is 0.364. The average molecular weight is 272 g/mol. The van der Waals surface area contributed by atoms with Gasteiger partial charge < -0.3 is 5.32 Å². The van der Waals surface area contributed by atoms with Crippen molar-refractivity contribution in [2.45, 2.75) is 46.1 Å². The quantitative estimate of drug-likeness (QED) is 0.773. The standard InChI is InChI=1S/C15H23ClFN/c1-4-8-18-15(5-2)11(3)9-12-10-13(17)6-7-14(12)16/h6-7,10-11,15,18H,4-5,8-9H2,1-3H3. The minimum absolute atomic E-state index is 0.212. The van der Waals surface area contributed by atoms with E-state index < -0.39 is 0 Å². The highest BCUT2D eigenvalue weighted by Gasteiger charge is 2.16. The molecule has 1 aromatic carbocycles. The minimum Gasteiger partial charge on any atom is -0.314 e. The van der Waals surface area contributed by atoms with Gasteiger partial charge in [0.15, 0.2) is 0 Å². The maximum Gasteiger partial charge on any atom is 0.123 e. The zero-order valence-electron chi connectivity index (χ0n) is 11.5. The van der Waals surface area contributed by atoms with E-state index in [0.29, 0.717) is 17.0 Å². The molecule has 0 aliphatic carbocycles. The Morgan fingerprint density at radius 3 is 2.67 bits per heavy atom. The number of halogens is 2. The van der Waals surface area contributed by atoms with E-state index in [0.717, 1.165) is 31.4 Å². The Kier molecular flexibility index (Phi) is 6.66. The Hall–Kier alpha value is -0.600. The van der Waals surface area contributed by atoms with Crippen molar-refractivity contribution in [3.63, 3.8) is 0 Å². The molecule has 3 heteroatoms. The molecule has 0 saturated heterocycles. The number of hydrogen-bond acceptors (Lipinski definition) is 1. The Labute approximate surface area is 115 Å². The highest BCUT2D eigenvalue weighted by Crippen LogP contribution is 2.22. The Bertz CT molecular complexity index is 368. The molecule has 2 atom stereocenters. The van der Waals surface area contributed by atoms with Crippen LogP contribution in [0.25, 0.3) is 0 Å². The molecule has 18 heavy (non-hydrogen) atoms. The van der Waals surface area contributed by atoms with Gasteiger partial charge in [-0.25, -0.2) is 4.39 Å². The molecule has 0 aromatic heterocycles. The summed E-state index contributed by atoms with van der Waals surface area (Å²) >= 11 is 6.11. The summed E-state index contributed by atoms with van der Waals surface area (Å²) in [6.07, 6.45) is 3.02. The fraction of sp³-hybridized carbons (Fsp3) is 0.600. The first-order valence-corrected chi connectivity index (χ1v) is 7.13. The molecular formula is C15H23ClFN. The molecular weight excluding hydrogens is 249 g/mol. The summed E-state index contributed by atoms with van der Waals surface area (Å²) in [5.41, 5.74) is 0.904. The smallest absolute Gasteiger partial charge is 0.123 e. The summed E-state index contributed by atoms with van der Waals surface area (Å²) < 4.78 is 13.2. The van der Waals surface area contributed by atoms with E-state index in [4.69, 9.17) is 11.6 Å². The molecule has 0 fully saturated rings. The fourth-order valence-electron chi connectivity index (χ4n) is 2.27. The van der Waals surface area contributed by atoms with Crippen molar-refractivity contribution >= 4 is 11.6 Å². The van der Waals surface area contributed by atoms with Crippen LogP contribution in [-0.2, 0) is 6.42 Å². The van der Waals surface area contributed by atoms with Crippen molar-refractivity contribution in [1.82, 2.24) is 5.32 Å². The largest absolute Gasteiger partial charge is 0.314 e. The van der Waals surface area contributed by atoms with Gasteiger partial charge in [-0.05, 0) is 55.5 Å². The summed E-state index contributed by atoms with van der Waals surface area (Å²) in [7, 11) is 0. The summed E-state index contributed by atoms with van der Waals surface area (Å²) in [4.78, 5) is 0. The van der Waals surface area contributed by atoms with Crippen LogP contribution in [0.1, 0.15) is 39.2 Å². The van der Waals surface area contributed by atoms with Crippen LogP contribution in [0.15, 0.2) is 18.2 Å². The monoisotopic (exact) mass is 271 g/mol. The van der Waals surface area contributed by atoms with Crippen molar-refractivity contribution in [3.8, 4) is 0 Å². The molecule has 2 unspecified atom stereocenters. The van der Waals surface area contributed by atoms with Gasteiger partial charge in [0.2, 0.25) is 0 Å². The maximum absolute atomic E-state index is 13.2. The predicted molar refractivity (Wildman–Crippen MR) is 76.7 cm³/mol. The second kappa shape index (κ2) is 7.75. The molecule has 0 amide bonds. The van der Waals surface area contributed by atoms with Crippen LogP contribution in [0.3, 0.4) is 0 Å². The Morgan fingerprint density at radius 2 is 2.06 bits per heavy atom. The maximum atomic E-state index is 13.2. The first-order valence-electron chi connectivity index (χ1n) is 6.75. The molecule has 1 N–H and O–H groups in total. The summed E-state index contributed by atoms with van der Waals surface area (Å²) in [5, 5.41) is 4.20. The summed E-state index contributed by atoms with van der Waals surface area (Å²) in [6, 6.07) is 5.05. The van der Waals surface area contributed by atoms with Crippen molar-refractivity contribution in [2.75, 3.05) is 6.54 Å². The van der Waals surface area contributed by atoms with E-state index in [-0.39, 0.29) is 5.82 Å². The van der Waals surface area contributed by atoms with E-state index in [1.54, 1.807) is 12.1 Å². The van der Waals surface area contributed by atoms with Gasteiger partial charge in [-0.15, -0.1) is 0 Å². The third-order valence-electron chi connectivity index (χ3n) is 3.33. The highest BCUT2D eigenvalue weighted by atomic mass is 35.5. The van der Waals surface area contributed by atoms with Gasteiger partial charge >= 0.3 is 0 Å². The van der Waals surface area contributed by atoms with E-state index in [9.17, 15) is 4.39 Å². The number of nitrogens with one attached hydrogen (secondary N) is 1. The Morgan fingerprint density at radius 1 is 1.33 bits per heavy atom. The number of hydrogen-bond donors (Lipinski definition) is 1. The van der Waals surface area contributed by atoms with E-state index >= 15 is 0 Å². The lowest BCUT2D eigenvalue weighted by atomic mass is 9.92. The van der Waals surface area contributed by atoms with Gasteiger partial charge in [0, 0.05) is 11.1 Å². The minimum atomic E-state index is -0.212. The van der Waals surface area contributed by atoms with Crippen LogP contribution >= 0.6 is 11.6 Å². The van der Waals surface area contributed by atoms with E-state index in [2.05, 4.69) is 26.1 Å². The topological polar surface area (TPSA) is 12.0 Å². The van der Waals surface area contributed by atoms with Gasteiger partial charge in [0.1, 0.15) is 5.82 Å². The first kappa shape index (κ1) is 15.5. The van der Waals surface area contributed by atoms with Crippen LogP contribution in [-0.4, -0.2) is 12.6 Å². The second-order valence-corrected chi connectivity index (χ2v) is 5.29. The van der Waals surface area contributed by atoms with Gasteiger partial charge in [0.25, 0.3) is 0 Å². The molecule has 0 aliphatic rings. The zero-order valence-corrected chi connectivity index (χ0v) is 12.2. The number of benzene rings is 1. The van der Waals surface area contributed by atoms with Crippen molar-refractivity contribution < 1.29 is 4.39 Å². The fourth-order valence-corrected chi connectivity index (χ4v) is 2.46. The van der Waals surface area contributed by atoms with Crippen molar-refractivity contribution in [1.29, 1.82) is 0 Å². The van der Waals surface area contributed by atoms with E-state index in [1.165, 1.54) is 6.07 Å². The first-order chi connectivity index (χ1) is 8.58. The molecule has 0 saturated carbocycles. The molecule has 1 aromatic rings. The zero-order chi connectivity index (χ0) is 13.5. The molecule has 0 aliphatic heterocycles. The summed E-state index contributed by atoms with van der Waals surface area (Å²) in [5.74, 6) is 0.233. The van der Waals surface area contributed by atoms with Crippen LogP contribution in [0.2, 0.25) is 5.02 Å². The average Bonchev–Trinajstić information content (AvgIpc) is 2.35. The van der Waals surface area contributed by atoms with Crippen LogP contribution < -0.4 is 5.32 Å². The SMILES string of the molecule is CCCNC(CC)C(C)Cc1cc(F)ccc1Cl. The van der Waals surface area contributed by atoms with Gasteiger partial charge in [-0.1, -0.05) is 32.4 Å². The normalized spacial score (nSPS) is 14.5. The third kappa shape index (κ3) is 4.58. The molecule has 0 heterocycles. The number of rotatable bonds is 7. The van der Waals surface area contributed by atoms with Gasteiger partial charge in [-0.3, -0.25) is 0 Å². The van der Waals surface area contributed by atoms with Crippen molar-refractivity contribution in [2.24, 2.45) is 5.92 Å². The van der Waals surface area contributed by atoms with Crippen LogP contribution in [0, 0.1) is 11.7 Å². The molecule has 0 spiro atoms. The van der Waals surface area contributed by atoms with E-state index in [1.807, 2.05) is 0 Å². The van der Waals surface area contributed by atoms with Gasteiger partial charge in [0.05, 0.1) is 0 Å².